The van der Waals surface area contributed by atoms with Crippen LogP contribution in [0.3, 0.4) is 0 Å². The summed E-state index contributed by atoms with van der Waals surface area (Å²) in [5.74, 6) is 6.27. The Labute approximate surface area is 190 Å². The number of nitrogens with zero attached hydrogens (tertiary/aromatic N) is 3. The molecule has 5 N–H and O–H groups in total. The van der Waals surface area contributed by atoms with Crippen molar-refractivity contribution in [1.82, 2.24) is 20.6 Å². The van der Waals surface area contributed by atoms with Crippen molar-refractivity contribution < 1.29 is 19.5 Å². The van der Waals surface area contributed by atoms with Crippen LogP contribution in [0.5, 0.6) is 11.6 Å². The van der Waals surface area contributed by atoms with E-state index in [1.807, 2.05) is 18.2 Å². The van der Waals surface area contributed by atoms with Gasteiger partial charge in [0.2, 0.25) is 0 Å². The van der Waals surface area contributed by atoms with E-state index in [0.29, 0.717) is 33.9 Å². The van der Waals surface area contributed by atoms with Gasteiger partial charge in [-0.25, -0.2) is 5.84 Å². The number of halogens is 1. The number of nitrogens with one attached hydrogen (secondary N) is 2. The van der Waals surface area contributed by atoms with Crippen LogP contribution in [0, 0.1) is 0 Å². The van der Waals surface area contributed by atoms with E-state index in [1.54, 1.807) is 30.3 Å². The standard InChI is InChI=1S/C21H25ClN6O4/c1-14(29)28(32-21-17-7-3-2-6-16(17)20(25-23)26-27-21)11-10-24-12-15(30)13-31-19-9-5-4-8-18(19)22/h2-9,15,24,30H,10-13,23H2,1H3,(H,25,26). The second-order valence-corrected chi connectivity index (χ2v) is 7.26. The molecule has 0 saturated carbocycles. The molecule has 0 bridgehead atoms. The molecular formula is C21H25ClN6O4. The van der Waals surface area contributed by atoms with E-state index in [0.717, 1.165) is 0 Å². The Balaban J connectivity index is 1.51. The number of nitrogen functional groups attached to an aromatic ring is 1. The van der Waals surface area contributed by atoms with Crippen LogP contribution in [0.4, 0.5) is 5.82 Å². The maximum Gasteiger partial charge on any atom is 0.273 e. The summed E-state index contributed by atoms with van der Waals surface area (Å²) in [6, 6.07) is 14.3. The molecular weight excluding hydrogens is 436 g/mol. The summed E-state index contributed by atoms with van der Waals surface area (Å²) in [6.45, 7) is 2.32. The lowest BCUT2D eigenvalue weighted by Gasteiger charge is -2.21. The predicted molar refractivity (Wildman–Crippen MR) is 121 cm³/mol. The number of ether oxygens (including phenoxy) is 1. The average molecular weight is 461 g/mol. The van der Waals surface area contributed by atoms with E-state index >= 15 is 0 Å². The number of hydroxylamine groups is 2. The van der Waals surface area contributed by atoms with Gasteiger partial charge in [-0.3, -0.25) is 4.79 Å². The van der Waals surface area contributed by atoms with Gasteiger partial charge >= 0.3 is 0 Å². The van der Waals surface area contributed by atoms with Gasteiger partial charge in [-0.05, 0) is 18.2 Å². The maximum absolute atomic E-state index is 12.0. The van der Waals surface area contributed by atoms with Crippen LogP contribution in [0.2, 0.25) is 5.02 Å². The highest BCUT2D eigenvalue weighted by Gasteiger charge is 2.16. The van der Waals surface area contributed by atoms with Crippen LogP contribution in [0.1, 0.15) is 6.92 Å². The number of amides is 1. The SMILES string of the molecule is CC(=O)N(CCNCC(O)COc1ccccc1Cl)Oc1nnc(NN)c2ccccc12. The number of para-hydroxylation sites is 1. The molecule has 10 nitrogen and oxygen atoms in total. The minimum absolute atomic E-state index is 0.0762. The number of hydrogen-bond acceptors (Lipinski definition) is 9. The van der Waals surface area contributed by atoms with E-state index in [4.69, 9.17) is 27.0 Å². The molecule has 3 aromatic rings. The summed E-state index contributed by atoms with van der Waals surface area (Å²) in [7, 11) is 0. The van der Waals surface area contributed by atoms with Gasteiger partial charge in [-0.2, -0.15) is 5.06 Å². The third-order valence-electron chi connectivity index (χ3n) is 4.48. The number of nitrogens with two attached hydrogens (primary N) is 1. The number of aromatic nitrogens is 2. The van der Waals surface area contributed by atoms with Crippen LogP contribution in [-0.2, 0) is 4.79 Å². The highest BCUT2D eigenvalue weighted by atomic mass is 35.5. The lowest BCUT2D eigenvalue weighted by Crippen LogP contribution is -2.40. The molecule has 2 aromatic carbocycles. The van der Waals surface area contributed by atoms with Crippen LogP contribution >= 0.6 is 11.6 Å². The first-order valence-electron chi connectivity index (χ1n) is 9.93. The van der Waals surface area contributed by atoms with E-state index in [2.05, 4.69) is 20.9 Å². The number of aliphatic hydroxyl groups excluding tert-OH is 1. The number of benzene rings is 2. The van der Waals surface area contributed by atoms with Crippen LogP contribution in [-0.4, -0.2) is 58.6 Å². The largest absolute Gasteiger partial charge is 0.489 e. The second-order valence-electron chi connectivity index (χ2n) is 6.86. The zero-order chi connectivity index (χ0) is 22.9. The van der Waals surface area contributed by atoms with Crippen molar-refractivity contribution in [2.24, 2.45) is 5.84 Å². The fourth-order valence-electron chi connectivity index (χ4n) is 2.88. The number of carbonyl (C=O) groups excluding carboxylic acids is 1. The number of carbonyl (C=O) groups is 1. The summed E-state index contributed by atoms with van der Waals surface area (Å²) >= 11 is 6.03. The number of aliphatic hydroxyl groups is 1. The van der Waals surface area contributed by atoms with E-state index in [1.165, 1.54) is 12.0 Å². The molecule has 1 aromatic heterocycles. The normalized spacial score (nSPS) is 11.8. The molecule has 11 heteroatoms. The topological polar surface area (TPSA) is 135 Å². The van der Waals surface area contributed by atoms with Gasteiger partial charge in [0.1, 0.15) is 18.5 Å². The molecule has 0 aliphatic heterocycles. The molecule has 0 spiro atoms. The monoisotopic (exact) mass is 460 g/mol. The van der Waals surface area contributed by atoms with Crippen molar-refractivity contribution in [2.45, 2.75) is 13.0 Å². The van der Waals surface area contributed by atoms with Crippen molar-refractivity contribution in [3.05, 3.63) is 53.6 Å². The van der Waals surface area contributed by atoms with Gasteiger partial charge in [-0.15, -0.1) is 10.2 Å². The van der Waals surface area contributed by atoms with Crippen molar-refractivity contribution in [2.75, 3.05) is 31.7 Å². The predicted octanol–water partition coefficient (Wildman–Crippen LogP) is 1.74. The van der Waals surface area contributed by atoms with Gasteiger partial charge in [0.05, 0.1) is 17.0 Å². The Hall–Kier alpha value is -3.18. The first-order valence-corrected chi connectivity index (χ1v) is 10.3. The van der Waals surface area contributed by atoms with Crippen molar-refractivity contribution in [1.29, 1.82) is 0 Å². The van der Waals surface area contributed by atoms with Crippen LogP contribution in [0.25, 0.3) is 10.8 Å². The van der Waals surface area contributed by atoms with E-state index in [9.17, 15) is 9.90 Å². The highest BCUT2D eigenvalue weighted by Crippen LogP contribution is 2.27. The molecule has 0 radical (unpaired) electrons. The Kier molecular flexibility index (Phi) is 8.40. The smallest absolute Gasteiger partial charge is 0.273 e. The summed E-state index contributed by atoms with van der Waals surface area (Å²) in [5.41, 5.74) is 2.49. The second kappa shape index (κ2) is 11.4. The molecule has 0 fully saturated rings. The zero-order valence-corrected chi connectivity index (χ0v) is 18.2. The number of anilines is 1. The third-order valence-corrected chi connectivity index (χ3v) is 4.79. The van der Waals surface area contributed by atoms with Gasteiger partial charge < -0.3 is 25.4 Å². The molecule has 170 valence electrons. The first kappa shape index (κ1) is 23.5. The maximum atomic E-state index is 12.0. The Morgan fingerprint density at radius 2 is 1.91 bits per heavy atom. The van der Waals surface area contributed by atoms with Gasteiger partial charge in [0.15, 0.2) is 5.82 Å². The van der Waals surface area contributed by atoms with Crippen molar-refractivity contribution >= 4 is 34.1 Å². The molecule has 32 heavy (non-hydrogen) atoms. The van der Waals surface area contributed by atoms with E-state index < -0.39 is 6.10 Å². The average Bonchev–Trinajstić information content (AvgIpc) is 2.80. The number of hydrogen-bond donors (Lipinski definition) is 4. The fourth-order valence-corrected chi connectivity index (χ4v) is 3.07. The first-order chi connectivity index (χ1) is 15.5. The fraction of sp³-hybridized carbons (Fsp3) is 0.286. The quantitative estimate of drug-likeness (QED) is 0.192. The lowest BCUT2D eigenvalue weighted by atomic mass is 10.2. The molecule has 0 saturated heterocycles. The van der Waals surface area contributed by atoms with Crippen LogP contribution in [0.15, 0.2) is 48.5 Å². The molecule has 1 unspecified atom stereocenters. The molecule has 3 rings (SSSR count). The minimum Gasteiger partial charge on any atom is -0.489 e. The lowest BCUT2D eigenvalue weighted by molar-refractivity contribution is -0.155. The van der Waals surface area contributed by atoms with Gasteiger partial charge in [0, 0.05) is 25.4 Å². The van der Waals surface area contributed by atoms with E-state index in [-0.39, 0.29) is 31.5 Å². The summed E-state index contributed by atoms with van der Waals surface area (Å²) in [5, 5.41) is 24.2. The van der Waals surface area contributed by atoms with Gasteiger partial charge in [-0.1, -0.05) is 41.9 Å². The summed E-state index contributed by atoms with van der Waals surface area (Å²) in [4.78, 5) is 17.8. The highest BCUT2D eigenvalue weighted by molar-refractivity contribution is 6.32. The summed E-state index contributed by atoms with van der Waals surface area (Å²) in [6.07, 6.45) is -0.760. The van der Waals surface area contributed by atoms with Crippen molar-refractivity contribution in [3.63, 3.8) is 0 Å². The zero-order valence-electron chi connectivity index (χ0n) is 17.5. The summed E-state index contributed by atoms with van der Waals surface area (Å²) < 4.78 is 5.51. The van der Waals surface area contributed by atoms with Crippen molar-refractivity contribution in [3.8, 4) is 11.6 Å². The number of rotatable bonds is 11. The molecule has 1 heterocycles. The van der Waals surface area contributed by atoms with Gasteiger partial charge in [0.25, 0.3) is 11.8 Å². The molecule has 0 aliphatic carbocycles. The Bertz CT molecular complexity index is 1050. The third kappa shape index (κ3) is 6.17. The minimum atomic E-state index is -0.760. The molecule has 1 amide bonds. The Morgan fingerprint density at radius 3 is 2.62 bits per heavy atom. The Morgan fingerprint density at radius 1 is 1.19 bits per heavy atom. The molecule has 0 aliphatic rings. The number of hydrazine groups is 1. The molecule has 1 atom stereocenters. The van der Waals surface area contributed by atoms with Crippen LogP contribution < -0.4 is 26.2 Å². The number of fused-ring (bicyclic) bond motifs is 1.